The van der Waals surface area contributed by atoms with Gasteiger partial charge in [0, 0.05) is 0 Å². The van der Waals surface area contributed by atoms with Gasteiger partial charge in [-0.25, -0.2) is 0 Å². The lowest BCUT2D eigenvalue weighted by Crippen LogP contribution is -2.19. The van der Waals surface area contributed by atoms with Crippen molar-refractivity contribution in [2.24, 2.45) is 5.41 Å². The second-order valence-corrected chi connectivity index (χ2v) is 12.4. The van der Waals surface area contributed by atoms with E-state index in [0.29, 0.717) is 5.41 Å². The summed E-state index contributed by atoms with van der Waals surface area (Å²) >= 11 is 0. The summed E-state index contributed by atoms with van der Waals surface area (Å²) in [6.07, 6.45) is 10.5. The zero-order chi connectivity index (χ0) is 15.4. The molecule has 0 aromatic carbocycles. The van der Waals surface area contributed by atoms with Crippen molar-refractivity contribution in [3.05, 3.63) is 34.9 Å². The molecule has 0 aliphatic heterocycles. The van der Waals surface area contributed by atoms with Gasteiger partial charge < -0.3 is 0 Å². The Hall–Kier alpha value is -1.00. The summed E-state index contributed by atoms with van der Waals surface area (Å²) in [5, 5.41) is 0. The quantitative estimate of drug-likeness (QED) is 0.337. The van der Waals surface area contributed by atoms with E-state index in [4.69, 9.17) is 0 Å². The van der Waals surface area contributed by atoms with Gasteiger partial charge in [0.05, 0.1) is 0 Å². The van der Waals surface area contributed by atoms with Crippen LogP contribution in [0, 0.1) is 16.9 Å². The lowest BCUT2D eigenvalue weighted by molar-refractivity contribution is 0.377. The van der Waals surface area contributed by atoms with E-state index in [2.05, 4.69) is 77.0 Å². The first-order chi connectivity index (χ1) is 9.12. The molecule has 0 nitrogen and oxygen atoms in total. The predicted octanol–water partition coefficient (Wildman–Crippen LogP) is 5.90. The maximum atomic E-state index is 3.38. The summed E-state index contributed by atoms with van der Waals surface area (Å²) in [5.41, 5.74) is 8.03. The Morgan fingerprint density at radius 3 is 2.45 bits per heavy atom. The molecule has 0 atom stereocenters. The summed E-state index contributed by atoms with van der Waals surface area (Å²) in [4.78, 5) is 0. The van der Waals surface area contributed by atoms with Crippen molar-refractivity contribution in [2.45, 2.75) is 66.6 Å². The highest BCUT2D eigenvalue weighted by Gasteiger charge is 2.26. The summed E-state index contributed by atoms with van der Waals surface area (Å²) in [5.74, 6) is 3.23. The minimum Gasteiger partial charge on any atom is -0.127 e. The second-order valence-electron chi connectivity index (χ2n) is 7.67. The van der Waals surface area contributed by atoms with Crippen LogP contribution in [0.15, 0.2) is 34.9 Å². The summed E-state index contributed by atoms with van der Waals surface area (Å²) < 4.78 is 0. The molecule has 0 N–H and O–H groups in total. The monoisotopic (exact) mass is 286 g/mol. The van der Waals surface area contributed by atoms with Crippen LogP contribution in [0.2, 0.25) is 19.6 Å². The van der Waals surface area contributed by atoms with Gasteiger partial charge in [0.1, 0.15) is 8.07 Å². The highest BCUT2D eigenvalue weighted by molar-refractivity contribution is 6.83. The third kappa shape index (κ3) is 5.55. The Balaban J connectivity index is 2.86. The lowest BCUT2D eigenvalue weighted by Gasteiger charge is -2.32. The normalized spacial score (nSPS) is 20.1. The number of hydrogen-bond donors (Lipinski definition) is 0. The van der Waals surface area contributed by atoms with Crippen LogP contribution in [0.4, 0.5) is 0 Å². The topological polar surface area (TPSA) is 0 Å². The van der Waals surface area contributed by atoms with Crippen LogP contribution in [0.1, 0.15) is 47.0 Å². The molecule has 0 unspecified atom stereocenters. The Kier molecular flexibility index (Phi) is 5.65. The van der Waals surface area contributed by atoms with Gasteiger partial charge in [0.25, 0.3) is 0 Å². The van der Waals surface area contributed by atoms with Crippen LogP contribution in [0.3, 0.4) is 0 Å². The first kappa shape index (κ1) is 17.0. The van der Waals surface area contributed by atoms with Crippen molar-refractivity contribution < 1.29 is 0 Å². The fraction of sp³-hybridized carbons (Fsp3) is 0.579. The number of rotatable bonds is 2. The van der Waals surface area contributed by atoms with Gasteiger partial charge in [0.2, 0.25) is 0 Å². The van der Waals surface area contributed by atoms with Crippen molar-refractivity contribution in [1.29, 1.82) is 0 Å². The Morgan fingerprint density at radius 2 is 1.90 bits per heavy atom. The van der Waals surface area contributed by atoms with Crippen LogP contribution in [-0.2, 0) is 0 Å². The van der Waals surface area contributed by atoms with Crippen LogP contribution in [0.25, 0.3) is 0 Å². The standard InChI is InChI=1S/C19H30Si/c1-16(10-9-15-20(5,6)7)12-13-18-17(2)11-8-14-19(18,3)4/h10,12-13H,8,11,14H2,1-7H3. The van der Waals surface area contributed by atoms with E-state index in [9.17, 15) is 0 Å². The molecule has 0 amide bonds. The van der Waals surface area contributed by atoms with Gasteiger partial charge in [-0.2, -0.15) is 0 Å². The molecule has 1 aliphatic rings. The van der Waals surface area contributed by atoms with Crippen LogP contribution in [-0.4, -0.2) is 8.07 Å². The Bertz CT molecular complexity index is 496. The van der Waals surface area contributed by atoms with E-state index in [1.165, 1.54) is 30.4 Å². The zero-order valence-corrected chi connectivity index (χ0v) is 15.4. The van der Waals surface area contributed by atoms with Gasteiger partial charge in [0.15, 0.2) is 0 Å². The van der Waals surface area contributed by atoms with Gasteiger partial charge in [-0.15, -0.1) is 5.54 Å². The van der Waals surface area contributed by atoms with Gasteiger partial charge in [-0.05, 0) is 55.7 Å². The molecule has 110 valence electrons. The Labute approximate surface area is 127 Å². The largest absolute Gasteiger partial charge is 0.129 e. The molecule has 0 spiro atoms. The molecule has 0 heterocycles. The molecule has 0 saturated carbocycles. The average Bonchev–Trinajstić information content (AvgIpc) is 2.25. The third-order valence-electron chi connectivity index (χ3n) is 3.80. The molecule has 1 heteroatoms. The molecule has 0 radical (unpaired) electrons. The predicted molar refractivity (Wildman–Crippen MR) is 94.4 cm³/mol. The van der Waals surface area contributed by atoms with Crippen LogP contribution in [0.5, 0.6) is 0 Å². The van der Waals surface area contributed by atoms with E-state index >= 15 is 0 Å². The number of hydrogen-bond acceptors (Lipinski definition) is 0. The maximum Gasteiger partial charge on any atom is 0.129 e. The van der Waals surface area contributed by atoms with Crippen molar-refractivity contribution in [3.63, 3.8) is 0 Å². The summed E-state index contributed by atoms with van der Waals surface area (Å²) in [6, 6.07) is 0. The van der Waals surface area contributed by atoms with E-state index in [1.807, 2.05) is 0 Å². The minimum absolute atomic E-state index is 0.323. The number of allylic oxidation sites excluding steroid dienone is 6. The fourth-order valence-electron chi connectivity index (χ4n) is 2.64. The summed E-state index contributed by atoms with van der Waals surface area (Å²) in [6.45, 7) is 16.0. The molecule has 20 heavy (non-hydrogen) atoms. The summed E-state index contributed by atoms with van der Waals surface area (Å²) in [7, 11) is -1.25. The van der Waals surface area contributed by atoms with Gasteiger partial charge in [-0.3, -0.25) is 0 Å². The molecule has 0 saturated heterocycles. The van der Waals surface area contributed by atoms with Crippen molar-refractivity contribution >= 4 is 8.07 Å². The zero-order valence-electron chi connectivity index (χ0n) is 14.4. The second kappa shape index (κ2) is 6.63. The molecule has 0 fully saturated rings. The van der Waals surface area contributed by atoms with Crippen LogP contribution >= 0.6 is 0 Å². The van der Waals surface area contributed by atoms with E-state index < -0.39 is 8.07 Å². The van der Waals surface area contributed by atoms with E-state index in [1.54, 1.807) is 5.57 Å². The van der Waals surface area contributed by atoms with Gasteiger partial charge in [-0.1, -0.05) is 57.1 Å². The first-order valence-corrected chi connectivity index (χ1v) is 11.2. The van der Waals surface area contributed by atoms with Crippen molar-refractivity contribution in [1.82, 2.24) is 0 Å². The molecular formula is C19H30Si. The molecular weight excluding hydrogens is 256 g/mol. The minimum atomic E-state index is -1.25. The lowest BCUT2D eigenvalue weighted by atomic mass is 9.72. The highest BCUT2D eigenvalue weighted by atomic mass is 28.3. The maximum absolute atomic E-state index is 3.38. The first-order valence-electron chi connectivity index (χ1n) is 7.70. The molecule has 0 aromatic heterocycles. The fourth-order valence-corrected chi connectivity index (χ4v) is 3.14. The molecule has 0 aromatic rings. The van der Waals surface area contributed by atoms with E-state index in [-0.39, 0.29) is 0 Å². The smallest absolute Gasteiger partial charge is 0.127 e. The van der Waals surface area contributed by atoms with Crippen LogP contribution < -0.4 is 0 Å². The molecule has 1 aliphatic carbocycles. The SMILES string of the molecule is CC(C=CC1=C(C)CCCC1(C)C)=CC#C[Si](C)(C)C. The third-order valence-corrected chi connectivity index (χ3v) is 4.70. The molecule has 0 bridgehead atoms. The van der Waals surface area contributed by atoms with Crippen molar-refractivity contribution in [3.8, 4) is 11.5 Å². The Morgan fingerprint density at radius 1 is 1.25 bits per heavy atom. The molecule has 1 rings (SSSR count). The highest BCUT2D eigenvalue weighted by Crippen LogP contribution is 2.40. The van der Waals surface area contributed by atoms with Crippen molar-refractivity contribution in [2.75, 3.05) is 0 Å². The van der Waals surface area contributed by atoms with Gasteiger partial charge >= 0.3 is 0 Å². The average molecular weight is 287 g/mol. The van der Waals surface area contributed by atoms with E-state index in [0.717, 1.165) is 0 Å².